The van der Waals surface area contributed by atoms with E-state index >= 15 is 0 Å². The van der Waals surface area contributed by atoms with Gasteiger partial charge in [0.05, 0.1) is 29.4 Å². The Bertz CT molecular complexity index is 1760. The van der Waals surface area contributed by atoms with Gasteiger partial charge in [-0.2, -0.15) is 0 Å². The number of benzene rings is 2. The van der Waals surface area contributed by atoms with E-state index in [9.17, 15) is 14.4 Å². The molecule has 2 aromatic heterocycles. The van der Waals surface area contributed by atoms with Crippen LogP contribution in [0.4, 0.5) is 16.2 Å². The molecular weight excluding hydrogens is 605 g/mol. The number of nitrogens with one attached hydrogen (secondary N) is 2. The average Bonchev–Trinajstić information content (AvgIpc) is 2.98. The summed E-state index contributed by atoms with van der Waals surface area (Å²) in [4.78, 5) is 49.4. The highest BCUT2D eigenvalue weighted by molar-refractivity contribution is 6.36. The van der Waals surface area contributed by atoms with E-state index in [-0.39, 0.29) is 17.6 Å². The lowest BCUT2D eigenvalue weighted by molar-refractivity contribution is 0.0141. The van der Waals surface area contributed by atoms with Crippen molar-refractivity contribution >= 4 is 57.5 Å². The second-order valence-electron chi connectivity index (χ2n) is 11.4. The van der Waals surface area contributed by atoms with Gasteiger partial charge in [0.1, 0.15) is 11.4 Å². The number of pyridine rings is 2. The van der Waals surface area contributed by atoms with Crippen LogP contribution in [0.15, 0.2) is 59.5 Å². The van der Waals surface area contributed by atoms with Crippen LogP contribution in [0.2, 0.25) is 10.0 Å². The number of hydrogen-bond donors (Lipinski definition) is 2. The smallest absolute Gasteiger partial charge is 0.410 e. The number of piperazine rings is 1. The molecule has 4 aromatic rings. The number of rotatable bonds is 6. The summed E-state index contributed by atoms with van der Waals surface area (Å²) < 4.78 is 11.1. The molecule has 2 amide bonds. The first-order chi connectivity index (χ1) is 20.9. The molecule has 0 bridgehead atoms. The molecule has 1 aliphatic rings. The summed E-state index contributed by atoms with van der Waals surface area (Å²) in [6.45, 7) is 6.98. The van der Waals surface area contributed by atoms with Crippen molar-refractivity contribution in [2.75, 3.05) is 38.6 Å². The molecule has 44 heavy (non-hydrogen) atoms. The number of aromatic amines is 1. The highest BCUT2D eigenvalue weighted by Gasteiger charge is 2.28. The molecule has 5 rings (SSSR count). The molecule has 1 saturated heterocycles. The summed E-state index contributed by atoms with van der Waals surface area (Å²) >= 11 is 12.8. The fourth-order valence-electron chi connectivity index (χ4n) is 4.99. The number of aromatic nitrogens is 2. The van der Waals surface area contributed by atoms with Gasteiger partial charge in [-0.3, -0.25) is 14.6 Å². The number of fused-ring (bicyclic) bond motifs is 1. The number of carbonyl (C=O) groups is 2. The lowest BCUT2D eigenvalue weighted by Crippen LogP contribution is -2.51. The molecule has 1 aliphatic heterocycles. The van der Waals surface area contributed by atoms with Crippen LogP contribution < -0.4 is 15.6 Å². The van der Waals surface area contributed by atoms with E-state index in [0.717, 1.165) is 5.56 Å². The zero-order chi connectivity index (χ0) is 31.6. The molecule has 0 aliphatic carbocycles. The predicted octanol–water partition coefficient (Wildman–Crippen LogP) is 6.27. The SMILES string of the molecule is COc1cc(C(=O)N2CCN(C(=O)OC(C)(C)C)CC2)ccc1Nc1cc(Cc2c(Cl)cccc2Cl)nc2cc[nH]c(=O)c12. The maximum absolute atomic E-state index is 13.4. The van der Waals surface area contributed by atoms with Crippen molar-refractivity contribution < 1.29 is 19.1 Å². The van der Waals surface area contributed by atoms with Gasteiger partial charge in [-0.15, -0.1) is 0 Å². The van der Waals surface area contributed by atoms with E-state index in [2.05, 4.69) is 15.3 Å². The molecule has 3 heterocycles. The third-order valence-electron chi connectivity index (χ3n) is 7.14. The first-order valence-corrected chi connectivity index (χ1v) is 14.9. The minimum absolute atomic E-state index is 0.177. The molecule has 0 spiro atoms. The van der Waals surface area contributed by atoms with Crippen molar-refractivity contribution in [3.8, 4) is 5.75 Å². The number of anilines is 2. The average molecular weight is 639 g/mol. The Kier molecular flexibility index (Phi) is 9.03. The van der Waals surface area contributed by atoms with Gasteiger partial charge in [-0.1, -0.05) is 29.3 Å². The molecule has 230 valence electrons. The monoisotopic (exact) mass is 637 g/mol. The van der Waals surface area contributed by atoms with Gasteiger partial charge in [0.15, 0.2) is 0 Å². The van der Waals surface area contributed by atoms with Gasteiger partial charge < -0.3 is 29.6 Å². The standard InChI is InChI=1S/C32H33Cl2N5O5/c1-32(2,3)44-31(42)39-14-12-38(13-15-39)30(41)19-8-9-24(27(16-19)43-4)37-26-18-20(17-21-22(33)6-5-7-23(21)34)36-25-10-11-35-29(40)28(25)26/h5-11,16,18H,12-15,17H2,1-4H3,(H,35,40)(H,36,37). The number of methoxy groups -OCH3 is 1. The molecular formula is C32H33Cl2N5O5. The van der Waals surface area contributed by atoms with Crippen molar-refractivity contribution in [3.63, 3.8) is 0 Å². The molecule has 10 nitrogen and oxygen atoms in total. The number of ether oxygens (including phenoxy) is 2. The van der Waals surface area contributed by atoms with Crippen molar-refractivity contribution in [1.29, 1.82) is 0 Å². The zero-order valence-electron chi connectivity index (χ0n) is 24.9. The van der Waals surface area contributed by atoms with E-state index in [1.54, 1.807) is 64.5 Å². The van der Waals surface area contributed by atoms with Gasteiger partial charge >= 0.3 is 6.09 Å². The van der Waals surface area contributed by atoms with Gasteiger partial charge in [0.2, 0.25) is 0 Å². The maximum atomic E-state index is 13.4. The zero-order valence-corrected chi connectivity index (χ0v) is 26.4. The lowest BCUT2D eigenvalue weighted by Gasteiger charge is -2.35. The third-order valence-corrected chi connectivity index (χ3v) is 7.85. The van der Waals surface area contributed by atoms with E-state index in [1.807, 2.05) is 20.8 Å². The topological polar surface area (TPSA) is 117 Å². The summed E-state index contributed by atoms with van der Waals surface area (Å²) in [6, 6.07) is 13.9. The second-order valence-corrected chi connectivity index (χ2v) is 12.2. The summed E-state index contributed by atoms with van der Waals surface area (Å²) in [7, 11) is 1.51. The van der Waals surface area contributed by atoms with Crippen LogP contribution in [0.25, 0.3) is 10.9 Å². The molecule has 12 heteroatoms. The fraction of sp³-hybridized carbons (Fsp3) is 0.312. The van der Waals surface area contributed by atoms with Crippen LogP contribution in [-0.2, 0) is 11.2 Å². The number of amides is 2. The van der Waals surface area contributed by atoms with Crippen molar-refractivity contribution in [2.24, 2.45) is 0 Å². The van der Waals surface area contributed by atoms with Crippen LogP contribution in [-0.4, -0.2) is 70.7 Å². The first kappa shape index (κ1) is 31.2. The van der Waals surface area contributed by atoms with E-state index in [1.165, 1.54) is 7.11 Å². The molecule has 0 radical (unpaired) electrons. The summed E-state index contributed by atoms with van der Waals surface area (Å²) in [5.41, 5.74) is 2.47. The third kappa shape index (κ3) is 6.92. The first-order valence-electron chi connectivity index (χ1n) is 14.1. The normalized spacial score (nSPS) is 13.6. The molecule has 2 aromatic carbocycles. The van der Waals surface area contributed by atoms with Crippen LogP contribution >= 0.6 is 23.2 Å². The molecule has 1 fully saturated rings. The Hall–Kier alpha value is -4.28. The molecule has 0 saturated carbocycles. The number of halogens is 2. The predicted molar refractivity (Wildman–Crippen MR) is 172 cm³/mol. The van der Waals surface area contributed by atoms with E-state index in [0.29, 0.717) is 81.9 Å². The summed E-state index contributed by atoms with van der Waals surface area (Å²) in [5, 5.41) is 4.72. The summed E-state index contributed by atoms with van der Waals surface area (Å²) in [5.74, 6) is 0.236. The van der Waals surface area contributed by atoms with Crippen LogP contribution in [0.3, 0.4) is 0 Å². The van der Waals surface area contributed by atoms with Gasteiger partial charge in [-0.25, -0.2) is 4.79 Å². The summed E-state index contributed by atoms with van der Waals surface area (Å²) in [6.07, 6.45) is 1.51. The van der Waals surface area contributed by atoms with Crippen LogP contribution in [0, 0.1) is 0 Å². The van der Waals surface area contributed by atoms with Crippen LogP contribution in [0.1, 0.15) is 42.4 Å². The Labute approximate surface area is 264 Å². The Morgan fingerprint density at radius 1 is 0.977 bits per heavy atom. The minimum Gasteiger partial charge on any atom is -0.495 e. The number of nitrogens with zero attached hydrogens (tertiary/aromatic N) is 3. The number of carbonyl (C=O) groups excluding carboxylic acids is 2. The van der Waals surface area contributed by atoms with Gasteiger partial charge in [0.25, 0.3) is 11.5 Å². The largest absolute Gasteiger partial charge is 0.495 e. The molecule has 0 unspecified atom stereocenters. The van der Waals surface area contributed by atoms with E-state index < -0.39 is 5.60 Å². The Morgan fingerprint density at radius 3 is 2.32 bits per heavy atom. The fourth-order valence-corrected chi connectivity index (χ4v) is 5.52. The number of hydrogen-bond acceptors (Lipinski definition) is 7. The Morgan fingerprint density at radius 2 is 1.66 bits per heavy atom. The highest BCUT2D eigenvalue weighted by atomic mass is 35.5. The molecule has 2 N–H and O–H groups in total. The lowest BCUT2D eigenvalue weighted by atomic mass is 10.1. The van der Waals surface area contributed by atoms with Crippen molar-refractivity contribution in [2.45, 2.75) is 32.8 Å². The Balaban J connectivity index is 1.38. The van der Waals surface area contributed by atoms with Gasteiger partial charge in [-0.05, 0) is 68.8 Å². The van der Waals surface area contributed by atoms with Crippen molar-refractivity contribution in [3.05, 3.63) is 91.9 Å². The van der Waals surface area contributed by atoms with Crippen molar-refractivity contribution in [1.82, 2.24) is 19.8 Å². The maximum Gasteiger partial charge on any atom is 0.410 e. The van der Waals surface area contributed by atoms with E-state index in [4.69, 9.17) is 32.7 Å². The quantitative estimate of drug-likeness (QED) is 0.256. The minimum atomic E-state index is -0.586. The van der Waals surface area contributed by atoms with Gasteiger partial charge in [0, 0.05) is 60.1 Å². The number of H-pyrrole nitrogens is 1. The van der Waals surface area contributed by atoms with Crippen LogP contribution in [0.5, 0.6) is 5.75 Å². The second kappa shape index (κ2) is 12.8. The molecule has 0 atom stereocenters. The highest BCUT2D eigenvalue weighted by Crippen LogP contribution is 2.33.